The van der Waals surface area contributed by atoms with Crippen LogP contribution in [0.15, 0.2) is 0 Å². The molecule has 158 valence electrons. The molecule has 28 heavy (non-hydrogen) atoms. The van der Waals surface area contributed by atoms with Crippen LogP contribution in [0.1, 0.15) is 72.1 Å². The Bertz CT molecular complexity index is 600. The van der Waals surface area contributed by atoms with Crippen molar-refractivity contribution in [3.63, 3.8) is 0 Å². The van der Waals surface area contributed by atoms with E-state index in [9.17, 15) is 24.3 Å². The fraction of sp³-hybridized carbons (Fsp3) is 0.810. The van der Waals surface area contributed by atoms with Gasteiger partial charge in [0.15, 0.2) is 0 Å². The van der Waals surface area contributed by atoms with Gasteiger partial charge in [0.05, 0.1) is 6.10 Å². The Morgan fingerprint density at radius 1 is 1.14 bits per heavy atom. The highest BCUT2D eigenvalue weighted by atomic mass is 16.4. The number of carbonyl (C=O) groups excluding carboxylic acids is 3. The maximum Gasteiger partial charge on any atom is 0.303 e. The van der Waals surface area contributed by atoms with Crippen LogP contribution in [0.2, 0.25) is 0 Å². The summed E-state index contributed by atoms with van der Waals surface area (Å²) in [5.74, 6) is -1.85. The second-order valence-electron chi connectivity index (χ2n) is 8.72. The number of likely N-dealkylation sites (tertiary alicyclic amines) is 1. The molecule has 2 fully saturated rings. The van der Waals surface area contributed by atoms with Crippen molar-refractivity contribution >= 4 is 23.6 Å². The number of amides is 2. The van der Waals surface area contributed by atoms with Gasteiger partial charge in [0, 0.05) is 37.1 Å². The van der Waals surface area contributed by atoms with E-state index in [1.807, 2.05) is 13.8 Å². The highest BCUT2D eigenvalue weighted by Crippen LogP contribution is 2.35. The van der Waals surface area contributed by atoms with E-state index in [1.54, 1.807) is 0 Å². The molecule has 0 spiro atoms. The third-order valence-corrected chi connectivity index (χ3v) is 6.29. The fourth-order valence-electron chi connectivity index (χ4n) is 4.87. The van der Waals surface area contributed by atoms with Gasteiger partial charge in [-0.1, -0.05) is 20.8 Å². The number of nitrogens with zero attached hydrogens (tertiary/aromatic N) is 1. The van der Waals surface area contributed by atoms with Crippen molar-refractivity contribution in [2.75, 3.05) is 0 Å². The summed E-state index contributed by atoms with van der Waals surface area (Å²) in [7, 11) is 0. The molecule has 2 N–H and O–H groups in total. The highest BCUT2D eigenvalue weighted by Gasteiger charge is 2.41. The number of hydrogen-bond donors (Lipinski definition) is 2. The standard InChI is InChI=1S/C21H33NO6/c1-4-15(5-6-20(26)27)22-18(24)10-14(11-19(22)25)9-17(23)16-8-12(2)7-13(3)21(16)28/h12-17,23H,4-11H2,1-3H3,(H,26,27). The Hall–Kier alpha value is -1.76. The summed E-state index contributed by atoms with van der Waals surface area (Å²) in [6, 6.07) is -0.399. The van der Waals surface area contributed by atoms with E-state index in [-0.39, 0.29) is 61.5 Å². The van der Waals surface area contributed by atoms with Gasteiger partial charge in [0.25, 0.3) is 0 Å². The summed E-state index contributed by atoms with van der Waals surface area (Å²) in [5, 5.41) is 19.5. The Morgan fingerprint density at radius 2 is 1.75 bits per heavy atom. The second-order valence-corrected chi connectivity index (χ2v) is 8.72. The van der Waals surface area contributed by atoms with E-state index < -0.39 is 24.0 Å². The molecule has 7 nitrogen and oxygen atoms in total. The van der Waals surface area contributed by atoms with Crippen molar-refractivity contribution in [1.29, 1.82) is 0 Å². The third kappa shape index (κ3) is 5.40. The van der Waals surface area contributed by atoms with Gasteiger partial charge in [-0.3, -0.25) is 24.1 Å². The first kappa shape index (κ1) is 22.5. The summed E-state index contributed by atoms with van der Waals surface area (Å²) in [6.07, 6.45) is 1.92. The number of ketones is 1. The van der Waals surface area contributed by atoms with Crippen LogP contribution in [0.3, 0.4) is 0 Å². The van der Waals surface area contributed by atoms with Crippen LogP contribution in [0.4, 0.5) is 0 Å². The summed E-state index contributed by atoms with van der Waals surface area (Å²) in [5.41, 5.74) is 0. The largest absolute Gasteiger partial charge is 0.481 e. The van der Waals surface area contributed by atoms with Crippen LogP contribution in [-0.2, 0) is 19.2 Å². The Labute approximate surface area is 166 Å². The normalized spacial score (nSPS) is 29.1. The number of carbonyl (C=O) groups is 4. The molecule has 2 rings (SSSR count). The maximum absolute atomic E-state index is 12.6. The lowest BCUT2D eigenvalue weighted by Gasteiger charge is -2.38. The smallest absolute Gasteiger partial charge is 0.303 e. The molecular weight excluding hydrogens is 362 g/mol. The zero-order valence-electron chi connectivity index (χ0n) is 17.1. The summed E-state index contributed by atoms with van der Waals surface area (Å²) >= 11 is 0. The number of aliphatic carboxylic acids is 1. The SMILES string of the molecule is CCC(CCC(=O)O)N1C(=O)CC(CC(O)C2CC(C)CC(C)C2=O)CC1=O. The predicted molar refractivity (Wildman–Crippen MR) is 102 cm³/mol. The maximum atomic E-state index is 12.6. The topological polar surface area (TPSA) is 112 Å². The van der Waals surface area contributed by atoms with E-state index >= 15 is 0 Å². The minimum Gasteiger partial charge on any atom is -0.481 e. The summed E-state index contributed by atoms with van der Waals surface area (Å²) in [6.45, 7) is 5.81. The molecule has 0 radical (unpaired) electrons. The molecule has 1 saturated heterocycles. The average molecular weight is 395 g/mol. The molecule has 0 bridgehead atoms. The molecule has 5 unspecified atom stereocenters. The van der Waals surface area contributed by atoms with Gasteiger partial charge in [0.1, 0.15) is 5.78 Å². The summed E-state index contributed by atoms with van der Waals surface area (Å²) in [4.78, 5) is 49.7. The van der Waals surface area contributed by atoms with E-state index in [1.165, 1.54) is 4.90 Å². The minimum absolute atomic E-state index is 0.0620. The van der Waals surface area contributed by atoms with Crippen LogP contribution >= 0.6 is 0 Å². The number of aliphatic hydroxyl groups is 1. The van der Waals surface area contributed by atoms with Crippen LogP contribution in [0, 0.1) is 23.7 Å². The van der Waals surface area contributed by atoms with Crippen molar-refractivity contribution in [3.8, 4) is 0 Å². The van der Waals surface area contributed by atoms with Crippen molar-refractivity contribution < 1.29 is 29.4 Å². The molecular formula is C21H33NO6. The highest BCUT2D eigenvalue weighted by molar-refractivity contribution is 5.98. The second kappa shape index (κ2) is 9.63. The van der Waals surface area contributed by atoms with Crippen LogP contribution in [-0.4, -0.2) is 50.8 Å². The van der Waals surface area contributed by atoms with Gasteiger partial charge < -0.3 is 10.2 Å². The zero-order chi connectivity index (χ0) is 21.0. The first-order valence-electron chi connectivity index (χ1n) is 10.4. The fourth-order valence-corrected chi connectivity index (χ4v) is 4.87. The van der Waals surface area contributed by atoms with E-state index in [0.29, 0.717) is 18.8 Å². The number of Topliss-reactive ketones (excluding diaryl/α,β-unsaturated/α-hetero) is 1. The van der Waals surface area contributed by atoms with Gasteiger partial charge in [-0.2, -0.15) is 0 Å². The molecule has 7 heteroatoms. The number of aliphatic hydroxyl groups excluding tert-OH is 1. The number of rotatable bonds is 8. The van der Waals surface area contributed by atoms with E-state index in [0.717, 1.165) is 6.42 Å². The number of carboxylic acid groups (broad SMARTS) is 1. The molecule has 2 aliphatic rings. The lowest BCUT2D eigenvalue weighted by molar-refractivity contribution is -0.155. The van der Waals surface area contributed by atoms with Gasteiger partial charge in [-0.25, -0.2) is 0 Å². The molecule has 0 aromatic rings. The lowest BCUT2D eigenvalue weighted by atomic mass is 9.71. The molecule has 0 aromatic carbocycles. The Morgan fingerprint density at radius 3 is 2.29 bits per heavy atom. The first-order valence-corrected chi connectivity index (χ1v) is 10.4. The molecule has 0 aromatic heterocycles. The van der Waals surface area contributed by atoms with Gasteiger partial charge >= 0.3 is 5.97 Å². The Kier molecular flexibility index (Phi) is 7.75. The van der Waals surface area contributed by atoms with Gasteiger partial charge in [-0.05, 0) is 43.9 Å². The number of carboxylic acids is 1. The first-order chi connectivity index (χ1) is 13.1. The zero-order valence-corrected chi connectivity index (χ0v) is 17.1. The van der Waals surface area contributed by atoms with Crippen LogP contribution in [0.25, 0.3) is 0 Å². The van der Waals surface area contributed by atoms with Crippen molar-refractivity contribution in [2.45, 2.75) is 84.3 Å². The summed E-state index contributed by atoms with van der Waals surface area (Å²) < 4.78 is 0. The average Bonchev–Trinajstić information content (AvgIpc) is 2.59. The molecule has 5 atom stereocenters. The van der Waals surface area contributed by atoms with Crippen molar-refractivity contribution in [2.24, 2.45) is 23.7 Å². The Balaban J connectivity index is 1.97. The van der Waals surface area contributed by atoms with Crippen LogP contribution in [0.5, 0.6) is 0 Å². The van der Waals surface area contributed by atoms with Crippen molar-refractivity contribution in [3.05, 3.63) is 0 Å². The van der Waals surface area contributed by atoms with Gasteiger partial charge in [0.2, 0.25) is 11.8 Å². The van der Waals surface area contributed by atoms with Crippen LogP contribution < -0.4 is 0 Å². The number of hydrogen-bond acceptors (Lipinski definition) is 5. The van der Waals surface area contributed by atoms with E-state index in [2.05, 4.69) is 6.92 Å². The third-order valence-electron chi connectivity index (χ3n) is 6.29. The van der Waals surface area contributed by atoms with Gasteiger partial charge in [-0.15, -0.1) is 0 Å². The number of imide groups is 1. The molecule has 1 heterocycles. The lowest BCUT2D eigenvalue weighted by Crippen LogP contribution is -2.50. The molecule has 2 amide bonds. The monoisotopic (exact) mass is 395 g/mol. The minimum atomic E-state index is -0.947. The predicted octanol–water partition coefficient (Wildman–Crippen LogP) is 2.40. The van der Waals surface area contributed by atoms with Crippen molar-refractivity contribution in [1.82, 2.24) is 4.90 Å². The number of piperidine rings is 1. The quantitative estimate of drug-likeness (QED) is 0.610. The molecule has 1 aliphatic carbocycles. The molecule has 1 aliphatic heterocycles. The molecule has 1 saturated carbocycles. The van der Waals surface area contributed by atoms with E-state index in [4.69, 9.17) is 5.11 Å².